The van der Waals surface area contributed by atoms with Crippen LogP contribution in [0.2, 0.25) is 0 Å². The molecule has 0 aliphatic heterocycles. The first-order valence-corrected chi connectivity index (χ1v) is 12.9. The number of para-hydroxylation sites is 2. The summed E-state index contributed by atoms with van der Waals surface area (Å²) in [4.78, 5) is 20.2. The molecule has 0 amide bonds. The summed E-state index contributed by atoms with van der Waals surface area (Å²) in [5, 5.41) is 10.7. The van der Waals surface area contributed by atoms with E-state index in [1.807, 2.05) is 36.4 Å². The number of carbonyl (C=O) groups is 1. The second-order valence-corrected chi connectivity index (χ2v) is 11.8. The smallest absolute Gasteiger partial charge is 0.155 e. The van der Waals surface area contributed by atoms with Crippen LogP contribution in [0.15, 0.2) is 64.8 Å². The monoisotopic (exact) mass is 698 g/mol. The Morgan fingerprint density at radius 2 is 1.69 bits per heavy atom. The molecule has 0 unspecified atom stereocenters. The number of ketones is 1. The maximum Gasteiger partial charge on any atom is 0.155 e. The molecular formula is C33H33IrN2O3-. The summed E-state index contributed by atoms with van der Waals surface area (Å²) < 4.78 is 6.51. The predicted octanol–water partition coefficient (Wildman–Crippen LogP) is 8.26. The van der Waals surface area contributed by atoms with E-state index in [1.54, 1.807) is 0 Å². The number of hydrogen-bond acceptors (Lipinski definition) is 5. The molecular weight excluding hydrogens is 665 g/mol. The van der Waals surface area contributed by atoms with Crippen molar-refractivity contribution in [2.75, 3.05) is 0 Å². The van der Waals surface area contributed by atoms with Gasteiger partial charge in [-0.2, -0.15) is 0 Å². The van der Waals surface area contributed by atoms with E-state index < -0.39 is 0 Å². The van der Waals surface area contributed by atoms with Crippen molar-refractivity contribution in [1.29, 1.82) is 0 Å². The van der Waals surface area contributed by atoms with E-state index in [0.29, 0.717) is 0 Å². The number of aromatic nitrogens is 2. The molecule has 2 heterocycles. The minimum Gasteiger partial charge on any atom is -0.512 e. The molecule has 0 bridgehead atoms. The topological polar surface area (TPSA) is 76.2 Å². The Hall–Kier alpha value is -3.34. The van der Waals surface area contributed by atoms with Gasteiger partial charge in [-0.1, -0.05) is 70.3 Å². The molecule has 1 aliphatic rings. The van der Waals surface area contributed by atoms with Gasteiger partial charge in [0.2, 0.25) is 0 Å². The molecule has 39 heavy (non-hydrogen) atoms. The molecule has 0 saturated heterocycles. The molecule has 0 atom stereocenters. The molecule has 6 rings (SSSR count). The number of fused-ring (bicyclic) bond motifs is 3. The SMILES string of the molecule is CC(=O)/C=C(/C)O.CC(C)(C)Cc1ccc2c3c1oc1cc[c-]c(c13)-c1nc3ccccc3nc1C2(C)C.[Ir]. The fraction of sp³-hybridized carbons (Fsp3) is 0.303. The van der Waals surface area contributed by atoms with Gasteiger partial charge in [0.1, 0.15) is 5.58 Å². The van der Waals surface area contributed by atoms with Crippen molar-refractivity contribution in [3.05, 3.63) is 83.3 Å². The standard InChI is InChI=1S/C28H25N2O.C5H8O2.Ir/c1-27(2,3)15-16-13-14-18-23-22-17(9-8-12-21(22)31-25(16)23)24-26(28(18,4)5)30-20-11-7-6-10-19(20)29-24;1-4(6)3-5(2)7;/h6-8,10-14H,15H2,1-5H3;3,6H,1-2H3;/q-1;;/b;4-3-;. The van der Waals surface area contributed by atoms with Crippen LogP contribution in [-0.4, -0.2) is 20.9 Å². The summed E-state index contributed by atoms with van der Waals surface area (Å²) in [5.74, 6) is -0.0625. The van der Waals surface area contributed by atoms with Crippen LogP contribution in [0.5, 0.6) is 0 Å². The molecule has 0 spiro atoms. The van der Waals surface area contributed by atoms with Crippen molar-refractivity contribution < 1.29 is 34.4 Å². The van der Waals surface area contributed by atoms with E-state index in [4.69, 9.17) is 19.5 Å². The third kappa shape index (κ3) is 5.28. The van der Waals surface area contributed by atoms with E-state index >= 15 is 0 Å². The molecule has 203 valence electrons. The van der Waals surface area contributed by atoms with Gasteiger partial charge >= 0.3 is 0 Å². The average molecular weight is 698 g/mol. The zero-order chi connectivity index (χ0) is 27.4. The molecule has 5 nitrogen and oxygen atoms in total. The third-order valence-electron chi connectivity index (χ3n) is 6.87. The third-order valence-corrected chi connectivity index (χ3v) is 6.87. The predicted molar refractivity (Wildman–Crippen MR) is 153 cm³/mol. The number of furan rings is 1. The molecule has 1 radical (unpaired) electrons. The molecule has 5 aromatic rings. The van der Waals surface area contributed by atoms with Crippen LogP contribution in [0.4, 0.5) is 0 Å². The molecule has 1 aliphatic carbocycles. The van der Waals surface area contributed by atoms with Crippen molar-refractivity contribution in [2.45, 2.75) is 60.3 Å². The normalized spacial score (nSPS) is 14.0. The van der Waals surface area contributed by atoms with Crippen LogP contribution in [0.25, 0.3) is 44.2 Å². The number of hydrogen-bond donors (Lipinski definition) is 1. The van der Waals surface area contributed by atoms with Gasteiger partial charge in [-0.25, -0.2) is 0 Å². The summed E-state index contributed by atoms with van der Waals surface area (Å²) in [7, 11) is 0. The van der Waals surface area contributed by atoms with Gasteiger partial charge < -0.3 is 9.52 Å². The molecule has 3 aromatic carbocycles. The van der Waals surface area contributed by atoms with Crippen molar-refractivity contribution in [3.8, 4) is 11.3 Å². The first-order chi connectivity index (χ1) is 17.9. The first-order valence-electron chi connectivity index (χ1n) is 12.9. The Bertz CT molecular complexity index is 1750. The molecule has 6 heteroatoms. The Morgan fingerprint density at radius 3 is 2.28 bits per heavy atom. The van der Waals surface area contributed by atoms with E-state index in [0.717, 1.165) is 51.0 Å². The number of aliphatic hydroxyl groups excluding tert-OH is 1. The summed E-state index contributed by atoms with van der Waals surface area (Å²) in [6.07, 6.45) is 2.12. The Morgan fingerprint density at radius 1 is 1.03 bits per heavy atom. The maximum atomic E-state index is 10.0. The van der Waals surface area contributed by atoms with Gasteiger partial charge in [0.05, 0.1) is 22.4 Å². The number of aliphatic hydroxyl groups is 1. The Labute approximate surface area is 242 Å². The quantitative estimate of drug-likeness (QED) is 0.114. The minimum atomic E-state index is -0.325. The van der Waals surface area contributed by atoms with E-state index in [-0.39, 0.29) is 42.5 Å². The van der Waals surface area contributed by atoms with Crippen LogP contribution in [0.3, 0.4) is 0 Å². The molecule has 1 N–H and O–H groups in total. The number of rotatable bonds is 2. The number of carbonyl (C=O) groups excluding carboxylic acids is 1. The minimum absolute atomic E-state index is 0. The first kappa shape index (κ1) is 28.7. The van der Waals surface area contributed by atoms with Crippen LogP contribution < -0.4 is 0 Å². The van der Waals surface area contributed by atoms with E-state index in [2.05, 4.69) is 52.8 Å². The molecule has 0 fully saturated rings. The molecule has 0 saturated carbocycles. The summed E-state index contributed by atoms with van der Waals surface area (Å²) >= 11 is 0. The van der Waals surface area contributed by atoms with Crippen molar-refractivity contribution in [1.82, 2.24) is 9.97 Å². The van der Waals surface area contributed by atoms with Gasteiger partial charge in [0.25, 0.3) is 0 Å². The second-order valence-electron chi connectivity index (χ2n) is 11.8. The van der Waals surface area contributed by atoms with Crippen LogP contribution in [0.1, 0.15) is 65.3 Å². The van der Waals surface area contributed by atoms with Gasteiger partial charge in [-0.3, -0.25) is 14.8 Å². The number of nitrogens with zero attached hydrogens (tertiary/aromatic N) is 2. The Kier molecular flexibility index (Phi) is 7.59. The zero-order valence-corrected chi connectivity index (χ0v) is 25.8. The zero-order valence-electron chi connectivity index (χ0n) is 23.4. The van der Waals surface area contributed by atoms with E-state index in [1.165, 1.54) is 36.4 Å². The van der Waals surface area contributed by atoms with Crippen molar-refractivity contribution in [3.63, 3.8) is 0 Å². The van der Waals surface area contributed by atoms with Gasteiger partial charge in [-0.05, 0) is 54.3 Å². The second kappa shape index (κ2) is 10.3. The summed E-state index contributed by atoms with van der Waals surface area (Å²) in [6.45, 7) is 14.2. The largest absolute Gasteiger partial charge is 0.512 e. The van der Waals surface area contributed by atoms with Crippen LogP contribution >= 0.6 is 0 Å². The molecule has 2 aromatic heterocycles. The Balaban J connectivity index is 0.000000394. The van der Waals surface area contributed by atoms with Gasteiger partial charge in [-0.15, -0.1) is 17.7 Å². The van der Waals surface area contributed by atoms with Gasteiger partial charge in [0, 0.05) is 43.0 Å². The fourth-order valence-corrected chi connectivity index (χ4v) is 5.36. The van der Waals surface area contributed by atoms with Crippen LogP contribution in [0, 0.1) is 11.5 Å². The number of allylic oxidation sites excluding steroid dienone is 2. The van der Waals surface area contributed by atoms with Crippen LogP contribution in [-0.2, 0) is 36.7 Å². The number of benzene rings is 3. The fourth-order valence-electron chi connectivity index (χ4n) is 5.36. The summed E-state index contributed by atoms with van der Waals surface area (Å²) in [5.41, 5.74) is 8.94. The maximum absolute atomic E-state index is 10.0. The van der Waals surface area contributed by atoms with Crippen molar-refractivity contribution >= 4 is 38.8 Å². The van der Waals surface area contributed by atoms with E-state index in [9.17, 15) is 4.79 Å². The summed E-state index contributed by atoms with van der Waals surface area (Å²) in [6, 6.07) is 20.1. The average Bonchev–Trinajstić information content (AvgIpc) is 3.19. The van der Waals surface area contributed by atoms with Gasteiger partial charge in [0.15, 0.2) is 5.78 Å². The van der Waals surface area contributed by atoms with Crippen molar-refractivity contribution in [2.24, 2.45) is 5.41 Å².